The van der Waals surface area contributed by atoms with Gasteiger partial charge in [-0.05, 0) is 43.6 Å². The third kappa shape index (κ3) is 3.89. The van der Waals surface area contributed by atoms with Crippen molar-refractivity contribution in [2.24, 2.45) is 11.3 Å². The van der Waals surface area contributed by atoms with Gasteiger partial charge in [0.15, 0.2) is 12.4 Å². The first kappa shape index (κ1) is 22.0. The fourth-order valence-corrected chi connectivity index (χ4v) is 5.48. The fraction of sp³-hybridized carbons (Fsp3) is 0.500. The molecule has 8 nitrogen and oxygen atoms in total. The minimum atomic E-state index is -0.986. The Hall–Kier alpha value is -3.16. The summed E-state index contributed by atoms with van der Waals surface area (Å²) >= 11 is 0. The zero-order chi connectivity index (χ0) is 23.3. The molecule has 0 bridgehead atoms. The van der Waals surface area contributed by atoms with Gasteiger partial charge in [-0.25, -0.2) is 4.79 Å². The van der Waals surface area contributed by atoms with Gasteiger partial charge < -0.3 is 14.5 Å². The summed E-state index contributed by atoms with van der Waals surface area (Å²) in [5, 5.41) is 3.64. The van der Waals surface area contributed by atoms with E-state index in [9.17, 15) is 19.2 Å². The molecule has 2 unspecified atom stereocenters. The van der Waals surface area contributed by atoms with E-state index < -0.39 is 42.4 Å². The molecule has 8 heteroatoms. The van der Waals surface area contributed by atoms with Crippen molar-refractivity contribution in [2.45, 2.75) is 52.5 Å². The van der Waals surface area contributed by atoms with Crippen molar-refractivity contribution >= 4 is 34.7 Å². The number of benzene rings is 1. The molecule has 2 aliphatic rings. The maximum atomic E-state index is 13.1. The number of furan rings is 1. The summed E-state index contributed by atoms with van der Waals surface area (Å²) in [5.41, 5.74) is 0.161. The highest BCUT2D eigenvalue weighted by Gasteiger charge is 2.56. The molecule has 0 radical (unpaired) electrons. The Labute approximate surface area is 186 Å². The van der Waals surface area contributed by atoms with Crippen LogP contribution in [0.25, 0.3) is 11.0 Å². The number of hydrogen-bond donors (Lipinski definition) is 1. The first-order chi connectivity index (χ1) is 15.0. The number of imide groups is 1. The number of urea groups is 1. The number of ether oxygens (including phenoxy) is 1. The Morgan fingerprint density at radius 3 is 2.62 bits per heavy atom. The molecule has 2 heterocycles. The first-order valence-electron chi connectivity index (χ1n) is 10.8. The van der Waals surface area contributed by atoms with Crippen molar-refractivity contribution in [3.63, 3.8) is 0 Å². The van der Waals surface area contributed by atoms with Crippen LogP contribution in [0.2, 0.25) is 0 Å². The van der Waals surface area contributed by atoms with E-state index in [1.165, 1.54) is 0 Å². The lowest BCUT2D eigenvalue weighted by Gasteiger charge is -2.43. The molecule has 170 valence electrons. The summed E-state index contributed by atoms with van der Waals surface area (Å²) < 4.78 is 10.7. The van der Waals surface area contributed by atoms with Crippen molar-refractivity contribution in [2.75, 3.05) is 13.2 Å². The Balaban J connectivity index is 1.40. The second-order valence-corrected chi connectivity index (χ2v) is 9.89. The van der Waals surface area contributed by atoms with E-state index in [-0.39, 0.29) is 17.1 Å². The molecule has 2 fully saturated rings. The molecule has 2 aromatic rings. The fourth-order valence-electron chi connectivity index (χ4n) is 5.48. The third-order valence-electron chi connectivity index (χ3n) is 6.37. The highest BCUT2D eigenvalue weighted by Crippen LogP contribution is 2.46. The quantitative estimate of drug-likeness (QED) is 0.433. The van der Waals surface area contributed by atoms with Gasteiger partial charge in [0.2, 0.25) is 5.78 Å². The van der Waals surface area contributed by atoms with E-state index in [0.717, 1.165) is 16.7 Å². The second kappa shape index (κ2) is 7.76. The molecule has 32 heavy (non-hydrogen) atoms. The van der Waals surface area contributed by atoms with Crippen LogP contribution in [0.1, 0.15) is 56.2 Å². The van der Waals surface area contributed by atoms with Crippen LogP contribution in [-0.4, -0.2) is 47.3 Å². The standard InChI is InChI=1S/C24H28N2O6/c1-14-9-23(3,4)13-24(10-14)21(29)26(22(30)25-24)11-19(28)31-12-17(27)20-15(2)16-7-5-6-8-18(16)32-20/h5-8,14H,9-13H2,1-4H3,(H,25,30). The smallest absolute Gasteiger partial charge is 0.326 e. The van der Waals surface area contributed by atoms with Gasteiger partial charge in [0.25, 0.3) is 5.91 Å². The Morgan fingerprint density at radius 2 is 1.94 bits per heavy atom. The minimum Gasteiger partial charge on any atom is -0.456 e. The van der Waals surface area contributed by atoms with Gasteiger partial charge in [-0.15, -0.1) is 0 Å². The highest BCUT2D eigenvalue weighted by atomic mass is 16.5. The monoisotopic (exact) mass is 440 g/mol. The number of carbonyl (C=O) groups excluding carboxylic acids is 4. The van der Waals surface area contributed by atoms with Crippen LogP contribution in [0, 0.1) is 18.3 Å². The molecule has 1 saturated heterocycles. The number of fused-ring (bicyclic) bond motifs is 1. The predicted molar refractivity (Wildman–Crippen MR) is 116 cm³/mol. The summed E-state index contributed by atoms with van der Waals surface area (Å²) in [4.78, 5) is 51.4. The van der Waals surface area contributed by atoms with E-state index in [2.05, 4.69) is 26.1 Å². The van der Waals surface area contributed by atoms with E-state index in [1.807, 2.05) is 12.1 Å². The number of carbonyl (C=O) groups is 4. The van der Waals surface area contributed by atoms with Crippen LogP contribution in [0.5, 0.6) is 0 Å². The summed E-state index contributed by atoms with van der Waals surface area (Å²) in [7, 11) is 0. The van der Waals surface area contributed by atoms with E-state index >= 15 is 0 Å². The van der Waals surface area contributed by atoms with Gasteiger partial charge in [0.1, 0.15) is 17.7 Å². The Bertz CT molecular complexity index is 1120. The Kier molecular flexibility index (Phi) is 5.35. The van der Waals surface area contributed by atoms with Gasteiger partial charge in [0.05, 0.1) is 0 Å². The molecule has 1 saturated carbocycles. The number of rotatable bonds is 5. The number of Topliss-reactive ketones (excluding diaryl/α,β-unsaturated/α-hetero) is 1. The van der Waals surface area contributed by atoms with Gasteiger partial charge in [0, 0.05) is 10.9 Å². The predicted octanol–water partition coefficient (Wildman–Crippen LogP) is 3.60. The van der Waals surface area contributed by atoms with Crippen LogP contribution < -0.4 is 5.32 Å². The van der Waals surface area contributed by atoms with Crippen LogP contribution in [-0.2, 0) is 14.3 Å². The second-order valence-electron chi connectivity index (χ2n) is 9.89. The number of ketones is 1. The molecule has 1 aromatic carbocycles. The van der Waals surface area contributed by atoms with E-state index in [1.54, 1.807) is 19.1 Å². The lowest BCUT2D eigenvalue weighted by atomic mass is 9.64. The number of para-hydroxylation sites is 1. The number of aryl methyl sites for hydroxylation is 1. The van der Waals surface area contributed by atoms with Crippen molar-refractivity contribution in [1.82, 2.24) is 10.2 Å². The zero-order valence-electron chi connectivity index (χ0n) is 18.8. The van der Waals surface area contributed by atoms with Crippen LogP contribution in [0.4, 0.5) is 4.79 Å². The average molecular weight is 440 g/mol. The highest BCUT2D eigenvalue weighted by molar-refractivity contribution is 6.09. The maximum absolute atomic E-state index is 13.1. The van der Waals surface area contributed by atoms with Gasteiger partial charge in [-0.1, -0.05) is 39.0 Å². The van der Waals surface area contributed by atoms with E-state index in [0.29, 0.717) is 24.0 Å². The number of amides is 3. The minimum absolute atomic E-state index is 0.103. The van der Waals surface area contributed by atoms with Crippen LogP contribution in [0.3, 0.4) is 0 Å². The van der Waals surface area contributed by atoms with Crippen molar-refractivity contribution in [3.05, 3.63) is 35.6 Å². The third-order valence-corrected chi connectivity index (χ3v) is 6.37. The number of hydrogen-bond acceptors (Lipinski definition) is 6. The number of nitrogens with zero attached hydrogens (tertiary/aromatic N) is 1. The van der Waals surface area contributed by atoms with Crippen molar-refractivity contribution in [1.29, 1.82) is 0 Å². The molecular weight excluding hydrogens is 412 g/mol. The van der Waals surface area contributed by atoms with Crippen LogP contribution >= 0.6 is 0 Å². The zero-order valence-corrected chi connectivity index (χ0v) is 18.8. The first-order valence-corrected chi connectivity index (χ1v) is 10.8. The summed E-state index contributed by atoms with van der Waals surface area (Å²) in [5.74, 6) is -1.32. The normalized spacial score (nSPS) is 24.8. The van der Waals surface area contributed by atoms with Gasteiger partial charge in [-0.2, -0.15) is 0 Å². The summed E-state index contributed by atoms with van der Waals surface area (Å²) in [6.45, 7) is 6.91. The number of nitrogens with one attached hydrogen (secondary N) is 1. The van der Waals surface area contributed by atoms with Crippen molar-refractivity contribution in [3.8, 4) is 0 Å². The molecule has 1 spiro atoms. The summed E-state index contributed by atoms with van der Waals surface area (Å²) in [6.07, 6.45) is 2.02. The molecule has 2 atom stereocenters. The lowest BCUT2D eigenvalue weighted by molar-refractivity contribution is -0.147. The maximum Gasteiger partial charge on any atom is 0.326 e. The average Bonchev–Trinajstić information content (AvgIpc) is 3.14. The molecule has 4 rings (SSSR count). The molecule has 3 amide bonds. The lowest BCUT2D eigenvalue weighted by Crippen LogP contribution is -2.54. The topological polar surface area (TPSA) is 106 Å². The SMILES string of the molecule is Cc1c(C(=O)COC(=O)CN2C(=O)NC3(CC(C)CC(C)(C)C3)C2=O)oc2ccccc12. The number of esters is 1. The Morgan fingerprint density at radius 1 is 1.22 bits per heavy atom. The van der Waals surface area contributed by atoms with Crippen LogP contribution in [0.15, 0.2) is 28.7 Å². The van der Waals surface area contributed by atoms with Crippen molar-refractivity contribution < 1.29 is 28.3 Å². The summed E-state index contributed by atoms with van der Waals surface area (Å²) in [6, 6.07) is 6.65. The van der Waals surface area contributed by atoms with E-state index in [4.69, 9.17) is 9.15 Å². The molecule has 1 N–H and O–H groups in total. The molecular formula is C24H28N2O6. The van der Waals surface area contributed by atoms with Gasteiger partial charge in [-0.3, -0.25) is 19.3 Å². The molecule has 1 aliphatic carbocycles. The van der Waals surface area contributed by atoms with Gasteiger partial charge >= 0.3 is 12.0 Å². The molecule has 1 aromatic heterocycles. The molecule has 1 aliphatic heterocycles. The largest absolute Gasteiger partial charge is 0.456 e.